The molecule has 29 heavy (non-hydrogen) atoms. The van der Waals surface area contributed by atoms with Crippen molar-refractivity contribution in [3.8, 4) is 0 Å². The van der Waals surface area contributed by atoms with Crippen molar-refractivity contribution in [1.29, 1.82) is 0 Å². The zero-order valence-corrected chi connectivity index (χ0v) is 17.2. The van der Waals surface area contributed by atoms with Crippen LogP contribution < -0.4 is 10.6 Å². The van der Waals surface area contributed by atoms with Crippen LogP contribution in [0.15, 0.2) is 12.7 Å². The molecule has 158 valence electrons. The topological polar surface area (TPSA) is 92.2 Å². The number of imide groups is 1. The molecule has 1 aromatic heterocycles. The molecule has 8 nitrogen and oxygen atoms in total. The van der Waals surface area contributed by atoms with Crippen molar-refractivity contribution in [2.24, 2.45) is 17.8 Å². The highest BCUT2D eigenvalue weighted by Crippen LogP contribution is 2.55. The minimum Gasteiger partial charge on any atom is -0.332 e. The fourth-order valence-electron chi connectivity index (χ4n) is 6.86. The average molecular weight is 401 g/mol. The lowest BCUT2D eigenvalue weighted by Crippen LogP contribution is -2.62. The monoisotopic (exact) mass is 400 g/mol. The van der Waals surface area contributed by atoms with Crippen molar-refractivity contribution in [3.63, 3.8) is 0 Å². The van der Waals surface area contributed by atoms with Crippen LogP contribution in [0.25, 0.3) is 0 Å². The molecule has 5 fully saturated rings. The molecule has 4 bridgehead atoms. The molecule has 1 aromatic rings. The van der Waals surface area contributed by atoms with E-state index in [0.717, 1.165) is 62.9 Å². The van der Waals surface area contributed by atoms with Crippen LogP contribution in [0.2, 0.25) is 0 Å². The fraction of sp³-hybridized carbons (Fsp3) is 0.810. The third-order valence-corrected chi connectivity index (χ3v) is 7.89. The molecule has 1 unspecified atom stereocenters. The van der Waals surface area contributed by atoms with E-state index in [1.165, 1.54) is 19.3 Å². The largest absolute Gasteiger partial charge is 0.332 e. The highest BCUT2D eigenvalue weighted by atomic mass is 16.2. The number of carbonyl (C=O) groups is 2. The van der Waals surface area contributed by atoms with Crippen molar-refractivity contribution >= 4 is 11.9 Å². The van der Waals surface area contributed by atoms with Crippen LogP contribution in [0.4, 0.5) is 4.79 Å². The van der Waals surface area contributed by atoms with Crippen molar-refractivity contribution in [1.82, 2.24) is 30.3 Å². The summed E-state index contributed by atoms with van der Waals surface area (Å²) in [5, 5.41) is 10.1. The summed E-state index contributed by atoms with van der Waals surface area (Å²) in [6, 6.07) is -0.279. The summed E-state index contributed by atoms with van der Waals surface area (Å²) in [5.41, 5.74) is -0.0709. The zero-order chi connectivity index (χ0) is 20.0. The Morgan fingerprint density at radius 2 is 1.69 bits per heavy atom. The van der Waals surface area contributed by atoms with E-state index in [2.05, 4.69) is 25.6 Å². The lowest BCUT2D eigenvalue weighted by molar-refractivity contribution is -0.125. The van der Waals surface area contributed by atoms with Gasteiger partial charge >= 0.3 is 6.03 Å². The Kier molecular flexibility index (Phi) is 4.84. The Labute approximate surface area is 171 Å². The SMILES string of the molecule is CC(C(=O)NC(=O)NC12CC3CC(CC(C3)C1)C2)N1CCC(n2cncn2)CC1. The van der Waals surface area contributed by atoms with Gasteiger partial charge in [-0.2, -0.15) is 5.10 Å². The van der Waals surface area contributed by atoms with E-state index >= 15 is 0 Å². The second-order valence-electron chi connectivity index (χ2n) is 9.96. The third kappa shape index (κ3) is 3.79. The summed E-state index contributed by atoms with van der Waals surface area (Å²) in [6.45, 7) is 3.52. The van der Waals surface area contributed by atoms with Crippen LogP contribution in [-0.4, -0.2) is 56.3 Å². The van der Waals surface area contributed by atoms with E-state index < -0.39 is 0 Å². The van der Waals surface area contributed by atoms with E-state index in [9.17, 15) is 9.59 Å². The standard InChI is InChI=1S/C21H32N6O2/c1-14(26-4-2-18(3-5-26)27-13-22-12-23-27)19(28)24-20(29)25-21-9-15-6-16(10-21)8-17(7-15)11-21/h12-18H,2-11H2,1H3,(H2,24,25,28,29). The Morgan fingerprint density at radius 1 is 1.07 bits per heavy atom. The second-order valence-corrected chi connectivity index (χ2v) is 9.96. The molecule has 1 atom stereocenters. The Bertz CT molecular complexity index is 720. The van der Waals surface area contributed by atoms with Crippen LogP contribution in [0.5, 0.6) is 0 Å². The maximum atomic E-state index is 12.7. The van der Waals surface area contributed by atoms with Crippen molar-refractivity contribution < 1.29 is 9.59 Å². The molecule has 0 spiro atoms. The van der Waals surface area contributed by atoms with Gasteiger partial charge in [-0.05, 0) is 76.0 Å². The van der Waals surface area contributed by atoms with Gasteiger partial charge in [0.15, 0.2) is 0 Å². The molecule has 2 N–H and O–H groups in total. The van der Waals surface area contributed by atoms with Gasteiger partial charge in [-0.25, -0.2) is 14.5 Å². The number of piperidine rings is 1. The fourth-order valence-corrected chi connectivity index (χ4v) is 6.86. The molecule has 5 aliphatic rings. The average Bonchev–Trinajstić information content (AvgIpc) is 3.20. The molecule has 0 radical (unpaired) electrons. The van der Waals surface area contributed by atoms with E-state index in [0.29, 0.717) is 6.04 Å². The quantitative estimate of drug-likeness (QED) is 0.807. The van der Waals surface area contributed by atoms with Gasteiger partial charge in [-0.15, -0.1) is 0 Å². The first-order chi connectivity index (χ1) is 14.0. The van der Waals surface area contributed by atoms with Gasteiger partial charge in [-0.1, -0.05) is 0 Å². The first-order valence-corrected chi connectivity index (χ1v) is 11.2. The van der Waals surface area contributed by atoms with E-state index in [-0.39, 0.29) is 23.5 Å². The number of aromatic nitrogens is 3. The first-order valence-electron chi connectivity index (χ1n) is 11.2. The second kappa shape index (κ2) is 7.38. The molecule has 6 rings (SSSR count). The normalized spacial score (nSPS) is 35.4. The number of likely N-dealkylation sites (tertiary alicyclic amines) is 1. The van der Waals surface area contributed by atoms with Crippen molar-refractivity contribution in [2.75, 3.05) is 13.1 Å². The molecule has 1 aliphatic heterocycles. The molecular weight excluding hydrogens is 368 g/mol. The Hall–Kier alpha value is -1.96. The smallest absolute Gasteiger partial charge is 0.321 e. The molecule has 1 saturated heterocycles. The van der Waals surface area contributed by atoms with Crippen molar-refractivity contribution in [3.05, 3.63) is 12.7 Å². The molecule has 3 amide bonds. The Balaban J connectivity index is 1.12. The summed E-state index contributed by atoms with van der Waals surface area (Å²) in [6.07, 6.45) is 12.5. The predicted molar refractivity (Wildman–Crippen MR) is 107 cm³/mol. The number of nitrogens with one attached hydrogen (secondary N) is 2. The van der Waals surface area contributed by atoms with Gasteiger partial charge in [0.1, 0.15) is 12.7 Å². The number of amides is 3. The third-order valence-electron chi connectivity index (χ3n) is 7.89. The number of carbonyl (C=O) groups excluding carboxylic acids is 2. The van der Waals surface area contributed by atoms with E-state index in [4.69, 9.17) is 0 Å². The van der Waals surface area contributed by atoms with Gasteiger partial charge in [-0.3, -0.25) is 15.0 Å². The summed E-state index contributed by atoms with van der Waals surface area (Å²) in [4.78, 5) is 31.5. The van der Waals surface area contributed by atoms with Gasteiger partial charge in [0.25, 0.3) is 0 Å². The molecule has 4 saturated carbocycles. The number of urea groups is 1. The van der Waals surface area contributed by atoms with Gasteiger partial charge in [0.2, 0.25) is 5.91 Å². The molecular formula is C21H32N6O2. The number of hydrogen-bond donors (Lipinski definition) is 2. The van der Waals surface area contributed by atoms with Crippen LogP contribution in [0.1, 0.15) is 64.3 Å². The van der Waals surface area contributed by atoms with Crippen molar-refractivity contribution in [2.45, 2.75) is 75.9 Å². The van der Waals surface area contributed by atoms with Crippen LogP contribution in [-0.2, 0) is 4.79 Å². The van der Waals surface area contributed by atoms with Crippen LogP contribution in [0.3, 0.4) is 0 Å². The van der Waals surface area contributed by atoms with Gasteiger partial charge < -0.3 is 5.32 Å². The summed E-state index contributed by atoms with van der Waals surface area (Å²) >= 11 is 0. The number of rotatable bonds is 4. The highest BCUT2D eigenvalue weighted by Gasteiger charge is 2.51. The molecule has 4 aliphatic carbocycles. The lowest BCUT2D eigenvalue weighted by atomic mass is 9.53. The number of hydrogen-bond acceptors (Lipinski definition) is 5. The van der Waals surface area contributed by atoms with E-state index in [1.54, 1.807) is 12.7 Å². The summed E-state index contributed by atoms with van der Waals surface area (Å²) in [7, 11) is 0. The molecule has 2 heterocycles. The number of nitrogens with zero attached hydrogens (tertiary/aromatic N) is 4. The van der Waals surface area contributed by atoms with Gasteiger partial charge in [0.05, 0.1) is 12.1 Å². The maximum Gasteiger partial charge on any atom is 0.321 e. The Morgan fingerprint density at radius 3 is 2.24 bits per heavy atom. The zero-order valence-electron chi connectivity index (χ0n) is 17.2. The highest BCUT2D eigenvalue weighted by molar-refractivity contribution is 5.97. The lowest BCUT2D eigenvalue weighted by Gasteiger charge is -2.56. The van der Waals surface area contributed by atoms with Gasteiger partial charge in [0, 0.05) is 18.6 Å². The minimum atomic E-state index is -0.311. The molecule has 8 heteroatoms. The summed E-state index contributed by atoms with van der Waals surface area (Å²) < 4.78 is 1.90. The maximum absolute atomic E-state index is 12.7. The first kappa shape index (κ1) is 19.0. The van der Waals surface area contributed by atoms with Crippen LogP contribution in [0, 0.1) is 17.8 Å². The van der Waals surface area contributed by atoms with E-state index in [1.807, 2.05) is 11.6 Å². The summed E-state index contributed by atoms with van der Waals surface area (Å²) in [5.74, 6) is 2.10. The van der Waals surface area contributed by atoms with Crippen LogP contribution >= 0.6 is 0 Å². The minimum absolute atomic E-state index is 0.0709. The molecule has 0 aromatic carbocycles. The predicted octanol–water partition coefficient (Wildman–Crippen LogP) is 2.10.